The highest BCUT2D eigenvalue weighted by molar-refractivity contribution is 7.99. The molecule has 0 unspecified atom stereocenters. The van der Waals surface area contributed by atoms with Crippen molar-refractivity contribution in [1.82, 2.24) is 9.55 Å². The summed E-state index contributed by atoms with van der Waals surface area (Å²) in [5.41, 5.74) is 2.04. The van der Waals surface area contributed by atoms with E-state index in [1.807, 2.05) is 19.1 Å². The van der Waals surface area contributed by atoms with E-state index in [1.54, 1.807) is 36.4 Å². The first kappa shape index (κ1) is 19.2. The minimum absolute atomic E-state index is 0.118. The van der Waals surface area contributed by atoms with Crippen molar-refractivity contribution >= 4 is 45.9 Å². The third kappa shape index (κ3) is 4.40. The van der Waals surface area contributed by atoms with Gasteiger partial charge in [0.05, 0.1) is 16.7 Å². The van der Waals surface area contributed by atoms with Crippen molar-refractivity contribution in [3.05, 3.63) is 76.1 Å². The summed E-state index contributed by atoms with van der Waals surface area (Å²) in [5, 5.41) is 4.42. The molecule has 3 aromatic rings. The van der Waals surface area contributed by atoms with E-state index in [1.165, 1.54) is 16.3 Å². The molecule has 0 fully saturated rings. The summed E-state index contributed by atoms with van der Waals surface area (Å²) >= 11 is 7.29. The maximum absolute atomic E-state index is 12.7. The number of aryl methyl sites for hydroxylation is 1. The van der Waals surface area contributed by atoms with Crippen LogP contribution in [0.2, 0.25) is 5.02 Å². The largest absolute Gasteiger partial charge is 0.325 e. The van der Waals surface area contributed by atoms with Crippen LogP contribution in [0, 0.1) is 6.92 Å². The Kier molecular flexibility index (Phi) is 5.98. The van der Waals surface area contributed by atoms with E-state index in [4.69, 9.17) is 11.6 Å². The molecule has 0 atom stereocenters. The Morgan fingerprint density at radius 3 is 2.85 bits per heavy atom. The van der Waals surface area contributed by atoms with Crippen LogP contribution in [0.4, 0.5) is 5.69 Å². The van der Waals surface area contributed by atoms with Crippen molar-refractivity contribution in [3.63, 3.8) is 0 Å². The second-order valence-corrected chi connectivity index (χ2v) is 7.27. The molecule has 1 amide bonds. The molecule has 27 heavy (non-hydrogen) atoms. The summed E-state index contributed by atoms with van der Waals surface area (Å²) < 4.78 is 1.52. The lowest BCUT2D eigenvalue weighted by Crippen LogP contribution is -2.23. The van der Waals surface area contributed by atoms with Crippen LogP contribution in [0.5, 0.6) is 0 Å². The van der Waals surface area contributed by atoms with E-state index in [9.17, 15) is 9.59 Å². The summed E-state index contributed by atoms with van der Waals surface area (Å²) in [5.74, 6) is -0.0829. The molecule has 0 saturated heterocycles. The van der Waals surface area contributed by atoms with Crippen molar-refractivity contribution in [3.8, 4) is 0 Å². The normalized spacial score (nSPS) is 10.7. The first-order chi connectivity index (χ1) is 13.0. The standard InChI is InChI=1S/C20H18ClN3O2S/c1-3-10-24-19(26)15-6-4-5-7-17(15)23-20(24)27-12-18(25)22-14-9-8-13(2)16(21)11-14/h3-9,11H,1,10,12H2,2H3,(H,22,25). The smallest absolute Gasteiger partial charge is 0.262 e. The highest BCUT2D eigenvalue weighted by Gasteiger charge is 2.13. The van der Waals surface area contributed by atoms with Crippen LogP contribution in [0.3, 0.4) is 0 Å². The van der Waals surface area contributed by atoms with Gasteiger partial charge < -0.3 is 5.32 Å². The Labute approximate surface area is 166 Å². The fourth-order valence-corrected chi connectivity index (χ4v) is 3.53. The summed E-state index contributed by atoms with van der Waals surface area (Å²) in [7, 11) is 0. The zero-order valence-electron chi connectivity index (χ0n) is 14.7. The second-order valence-electron chi connectivity index (χ2n) is 5.92. The van der Waals surface area contributed by atoms with Gasteiger partial charge in [-0.15, -0.1) is 6.58 Å². The van der Waals surface area contributed by atoms with Crippen molar-refractivity contribution < 1.29 is 4.79 Å². The molecule has 0 aliphatic rings. The number of rotatable bonds is 6. The van der Waals surface area contributed by atoms with E-state index >= 15 is 0 Å². The molecule has 1 N–H and O–H groups in total. The number of nitrogens with zero attached hydrogens (tertiary/aromatic N) is 2. The number of thioether (sulfide) groups is 1. The second kappa shape index (κ2) is 8.41. The number of carbonyl (C=O) groups is 1. The Balaban J connectivity index is 1.80. The SMILES string of the molecule is C=CCn1c(SCC(=O)Nc2ccc(C)c(Cl)c2)nc2ccccc2c1=O. The monoisotopic (exact) mass is 399 g/mol. The zero-order chi connectivity index (χ0) is 19.4. The van der Waals surface area contributed by atoms with Crippen molar-refractivity contribution in [2.75, 3.05) is 11.1 Å². The molecule has 0 radical (unpaired) electrons. The van der Waals surface area contributed by atoms with E-state index in [0.29, 0.717) is 33.3 Å². The highest BCUT2D eigenvalue weighted by atomic mass is 35.5. The third-order valence-electron chi connectivity index (χ3n) is 3.93. The van der Waals surface area contributed by atoms with Crippen LogP contribution in [-0.4, -0.2) is 21.2 Å². The lowest BCUT2D eigenvalue weighted by molar-refractivity contribution is -0.113. The number of aromatic nitrogens is 2. The summed E-state index contributed by atoms with van der Waals surface area (Å²) in [4.78, 5) is 29.5. The first-order valence-electron chi connectivity index (χ1n) is 8.29. The first-order valence-corrected chi connectivity index (χ1v) is 9.65. The van der Waals surface area contributed by atoms with Gasteiger partial charge in [-0.25, -0.2) is 4.98 Å². The predicted octanol–water partition coefficient (Wildman–Crippen LogP) is 4.28. The van der Waals surface area contributed by atoms with Gasteiger partial charge in [-0.1, -0.05) is 47.6 Å². The van der Waals surface area contributed by atoms with E-state index in [0.717, 1.165) is 5.56 Å². The number of halogens is 1. The Bertz CT molecular complexity index is 1080. The highest BCUT2D eigenvalue weighted by Crippen LogP contribution is 2.21. The van der Waals surface area contributed by atoms with Crippen LogP contribution in [0.25, 0.3) is 10.9 Å². The minimum Gasteiger partial charge on any atom is -0.325 e. The summed E-state index contributed by atoms with van der Waals surface area (Å²) in [6, 6.07) is 12.5. The van der Waals surface area contributed by atoms with Gasteiger partial charge in [0.2, 0.25) is 5.91 Å². The van der Waals surface area contributed by atoms with Crippen LogP contribution in [0.15, 0.2) is 65.1 Å². The van der Waals surface area contributed by atoms with Gasteiger partial charge in [0, 0.05) is 17.3 Å². The Morgan fingerprint density at radius 1 is 1.33 bits per heavy atom. The zero-order valence-corrected chi connectivity index (χ0v) is 16.3. The number of benzene rings is 2. The number of allylic oxidation sites excluding steroid dienone is 1. The Morgan fingerprint density at radius 2 is 2.11 bits per heavy atom. The van der Waals surface area contributed by atoms with Gasteiger partial charge in [0.25, 0.3) is 5.56 Å². The van der Waals surface area contributed by atoms with Gasteiger partial charge in [-0.05, 0) is 36.8 Å². The van der Waals surface area contributed by atoms with Crippen LogP contribution in [0.1, 0.15) is 5.56 Å². The van der Waals surface area contributed by atoms with E-state index < -0.39 is 0 Å². The summed E-state index contributed by atoms with van der Waals surface area (Å²) in [6.45, 7) is 5.92. The minimum atomic E-state index is -0.201. The number of carbonyl (C=O) groups excluding carboxylic acids is 1. The molecular formula is C20H18ClN3O2S. The fourth-order valence-electron chi connectivity index (χ4n) is 2.55. The fraction of sp³-hybridized carbons (Fsp3) is 0.150. The lowest BCUT2D eigenvalue weighted by Gasteiger charge is -2.11. The van der Waals surface area contributed by atoms with Gasteiger partial charge in [-0.2, -0.15) is 0 Å². The van der Waals surface area contributed by atoms with Crippen molar-refractivity contribution in [2.24, 2.45) is 0 Å². The molecule has 0 aliphatic heterocycles. The maximum Gasteiger partial charge on any atom is 0.262 e. The topological polar surface area (TPSA) is 64.0 Å². The quantitative estimate of drug-likeness (QED) is 0.382. The molecule has 1 heterocycles. The number of amides is 1. The van der Waals surface area contributed by atoms with Gasteiger partial charge >= 0.3 is 0 Å². The molecule has 5 nitrogen and oxygen atoms in total. The number of fused-ring (bicyclic) bond motifs is 1. The molecule has 0 aliphatic carbocycles. The molecule has 7 heteroatoms. The average molecular weight is 400 g/mol. The lowest BCUT2D eigenvalue weighted by atomic mass is 10.2. The van der Waals surface area contributed by atoms with E-state index in [2.05, 4.69) is 16.9 Å². The molecule has 138 valence electrons. The molecular weight excluding hydrogens is 382 g/mol. The molecule has 0 saturated carbocycles. The molecule has 1 aromatic heterocycles. The summed E-state index contributed by atoms with van der Waals surface area (Å²) in [6.07, 6.45) is 1.64. The van der Waals surface area contributed by atoms with Gasteiger partial charge in [-0.3, -0.25) is 14.2 Å². The molecule has 2 aromatic carbocycles. The number of hydrogen-bond donors (Lipinski definition) is 1. The molecule has 0 bridgehead atoms. The van der Waals surface area contributed by atoms with Crippen molar-refractivity contribution in [1.29, 1.82) is 0 Å². The van der Waals surface area contributed by atoms with Gasteiger partial charge in [0.15, 0.2) is 5.16 Å². The van der Waals surface area contributed by atoms with Crippen LogP contribution in [-0.2, 0) is 11.3 Å². The number of para-hydroxylation sites is 1. The van der Waals surface area contributed by atoms with Crippen LogP contribution >= 0.6 is 23.4 Å². The van der Waals surface area contributed by atoms with Crippen molar-refractivity contribution in [2.45, 2.75) is 18.6 Å². The number of hydrogen-bond acceptors (Lipinski definition) is 4. The third-order valence-corrected chi connectivity index (χ3v) is 5.31. The van der Waals surface area contributed by atoms with Gasteiger partial charge in [0.1, 0.15) is 0 Å². The Hall–Kier alpha value is -2.57. The molecule has 3 rings (SSSR count). The predicted molar refractivity (Wildman–Crippen MR) is 112 cm³/mol. The number of nitrogens with one attached hydrogen (secondary N) is 1. The molecule has 0 spiro atoms. The van der Waals surface area contributed by atoms with E-state index in [-0.39, 0.29) is 17.2 Å². The maximum atomic E-state index is 12.7. The van der Waals surface area contributed by atoms with Crippen LogP contribution < -0.4 is 10.9 Å². The average Bonchev–Trinajstić information content (AvgIpc) is 2.66. The number of anilines is 1.